The maximum Gasteiger partial charge on any atom is 0.351 e. The van der Waals surface area contributed by atoms with Gasteiger partial charge < -0.3 is 34.4 Å². The fourth-order valence-corrected chi connectivity index (χ4v) is 3.46. The Morgan fingerprint density at radius 2 is 1.88 bits per heavy atom. The van der Waals surface area contributed by atoms with Crippen LogP contribution < -0.4 is 11.2 Å². The van der Waals surface area contributed by atoms with Gasteiger partial charge in [-0.1, -0.05) is 13.3 Å². The standard InChI is InChI=1S/C20H33N3O9/c1-4-8-20(11-29-5-2,12-30-6-3)18(27)32-22-14-7-9-23(19(28)21-14)17-16(26)15(25)13(10-24)31-17/h7,9,13,15-17,24-26H,4-6,8,10-12H2,1-3H3,(H,21,22,28)/t13-,15-,16-,17-/m1/s1. The summed E-state index contributed by atoms with van der Waals surface area (Å²) in [5.74, 6) is -0.639. The van der Waals surface area contributed by atoms with E-state index in [4.69, 9.17) is 19.0 Å². The van der Waals surface area contributed by atoms with Gasteiger partial charge in [0.05, 0.1) is 19.8 Å². The van der Waals surface area contributed by atoms with Crippen LogP contribution in [0.15, 0.2) is 17.1 Å². The fourth-order valence-electron chi connectivity index (χ4n) is 3.46. The van der Waals surface area contributed by atoms with Crippen molar-refractivity contribution in [1.29, 1.82) is 0 Å². The van der Waals surface area contributed by atoms with Gasteiger partial charge in [0.2, 0.25) is 0 Å². The second-order valence-electron chi connectivity index (χ2n) is 7.53. The molecule has 1 aliphatic heterocycles. The molecule has 182 valence electrons. The molecule has 12 heteroatoms. The Kier molecular flexibility index (Phi) is 10.0. The molecule has 12 nitrogen and oxygen atoms in total. The zero-order valence-corrected chi connectivity index (χ0v) is 18.6. The Hall–Kier alpha value is -2.09. The highest BCUT2D eigenvalue weighted by molar-refractivity contribution is 5.78. The summed E-state index contributed by atoms with van der Waals surface area (Å²) >= 11 is 0. The van der Waals surface area contributed by atoms with Crippen molar-refractivity contribution < 1.29 is 39.2 Å². The summed E-state index contributed by atoms with van der Waals surface area (Å²) in [6, 6.07) is 1.34. The maximum atomic E-state index is 12.9. The van der Waals surface area contributed by atoms with Gasteiger partial charge in [-0.3, -0.25) is 4.57 Å². The summed E-state index contributed by atoms with van der Waals surface area (Å²) in [5.41, 5.74) is 0.552. The van der Waals surface area contributed by atoms with Gasteiger partial charge in [0.15, 0.2) is 12.0 Å². The predicted octanol–water partition coefficient (Wildman–Crippen LogP) is -0.416. The minimum absolute atomic E-state index is 0.0374. The van der Waals surface area contributed by atoms with E-state index >= 15 is 0 Å². The summed E-state index contributed by atoms with van der Waals surface area (Å²) in [6.07, 6.45) is -2.56. The van der Waals surface area contributed by atoms with Gasteiger partial charge in [-0.05, 0) is 20.3 Å². The third kappa shape index (κ3) is 6.03. The van der Waals surface area contributed by atoms with Gasteiger partial charge in [0, 0.05) is 25.5 Å². The van der Waals surface area contributed by atoms with Crippen molar-refractivity contribution in [3.63, 3.8) is 0 Å². The number of hydrogen-bond acceptors (Lipinski definition) is 11. The lowest BCUT2D eigenvalue weighted by atomic mass is 9.85. The zero-order chi connectivity index (χ0) is 23.7. The predicted molar refractivity (Wildman–Crippen MR) is 112 cm³/mol. The average Bonchev–Trinajstić information content (AvgIpc) is 3.07. The molecule has 1 aromatic heterocycles. The van der Waals surface area contributed by atoms with Gasteiger partial charge in [-0.2, -0.15) is 4.98 Å². The monoisotopic (exact) mass is 459 g/mol. The molecule has 0 spiro atoms. The molecule has 0 aromatic carbocycles. The first-order valence-electron chi connectivity index (χ1n) is 10.7. The number of aliphatic hydroxyl groups excluding tert-OH is 3. The molecule has 1 fully saturated rings. The van der Waals surface area contributed by atoms with Gasteiger partial charge >= 0.3 is 11.7 Å². The zero-order valence-electron chi connectivity index (χ0n) is 18.6. The van der Waals surface area contributed by atoms with Crippen LogP contribution in [0.3, 0.4) is 0 Å². The topological polar surface area (TPSA) is 162 Å². The van der Waals surface area contributed by atoms with E-state index in [0.29, 0.717) is 26.1 Å². The van der Waals surface area contributed by atoms with Crippen LogP contribution in [0.1, 0.15) is 39.8 Å². The van der Waals surface area contributed by atoms with Crippen molar-refractivity contribution >= 4 is 11.8 Å². The summed E-state index contributed by atoms with van der Waals surface area (Å²) in [5, 5.41) is 29.1. The number of anilines is 1. The quantitative estimate of drug-likeness (QED) is 0.284. The second-order valence-corrected chi connectivity index (χ2v) is 7.53. The normalized spacial score (nSPS) is 23.3. The molecule has 4 atom stereocenters. The highest BCUT2D eigenvalue weighted by Crippen LogP contribution is 2.29. The van der Waals surface area contributed by atoms with Crippen LogP contribution in [0.25, 0.3) is 0 Å². The Morgan fingerprint density at radius 1 is 1.22 bits per heavy atom. The molecule has 0 saturated carbocycles. The number of ether oxygens (including phenoxy) is 3. The summed E-state index contributed by atoms with van der Waals surface area (Å²) in [6.45, 7) is 6.18. The van der Waals surface area contributed by atoms with Gasteiger partial charge in [0.25, 0.3) is 0 Å². The first kappa shape index (κ1) is 26.2. The molecule has 32 heavy (non-hydrogen) atoms. The molecule has 0 unspecified atom stereocenters. The molecule has 4 N–H and O–H groups in total. The van der Waals surface area contributed by atoms with Crippen LogP contribution in [0.2, 0.25) is 0 Å². The van der Waals surface area contributed by atoms with Gasteiger partial charge in [-0.25, -0.2) is 15.1 Å². The van der Waals surface area contributed by atoms with Crippen LogP contribution in [-0.4, -0.2) is 82.2 Å². The Bertz CT molecular complexity index is 780. The number of hydrogen-bond donors (Lipinski definition) is 4. The maximum absolute atomic E-state index is 12.9. The van der Waals surface area contributed by atoms with Crippen molar-refractivity contribution in [2.45, 2.75) is 58.2 Å². The lowest BCUT2D eigenvalue weighted by Crippen LogP contribution is -2.43. The summed E-state index contributed by atoms with van der Waals surface area (Å²) < 4.78 is 17.3. The molecule has 0 radical (unpaired) electrons. The van der Waals surface area contributed by atoms with Crippen molar-refractivity contribution in [2.75, 3.05) is 38.5 Å². The number of carbonyl (C=O) groups is 1. The number of carbonyl (C=O) groups excluding carboxylic acids is 1. The lowest BCUT2D eigenvalue weighted by molar-refractivity contribution is -0.162. The van der Waals surface area contributed by atoms with E-state index in [1.54, 1.807) is 0 Å². The first-order valence-corrected chi connectivity index (χ1v) is 10.7. The van der Waals surface area contributed by atoms with Crippen LogP contribution >= 0.6 is 0 Å². The van der Waals surface area contributed by atoms with Gasteiger partial charge in [-0.15, -0.1) is 0 Å². The molecule has 2 heterocycles. The average molecular weight is 459 g/mol. The van der Waals surface area contributed by atoms with E-state index in [2.05, 4.69) is 10.5 Å². The molecule has 1 aliphatic rings. The van der Waals surface area contributed by atoms with E-state index in [0.717, 1.165) is 4.57 Å². The van der Waals surface area contributed by atoms with E-state index in [9.17, 15) is 24.9 Å². The Balaban J connectivity index is 2.11. The summed E-state index contributed by atoms with van der Waals surface area (Å²) in [7, 11) is 0. The van der Waals surface area contributed by atoms with Crippen LogP contribution in [0.5, 0.6) is 0 Å². The number of nitrogens with one attached hydrogen (secondary N) is 1. The number of nitrogens with zero attached hydrogens (tertiary/aromatic N) is 2. The minimum atomic E-state index is -1.42. The van der Waals surface area contributed by atoms with Crippen LogP contribution in [-0.2, 0) is 23.8 Å². The van der Waals surface area contributed by atoms with Crippen LogP contribution in [0, 0.1) is 5.41 Å². The first-order chi connectivity index (χ1) is 15.3. The summed E-state index contributed by atoms with van der Waals surface area (Å²) in [4.78, 5) is 34.3. The molecule has 0 bridgehead atoms. The van der Waals surface area contributed by atoms with Crippen molar-refractivity contribution in [1.82, 2.24) is 9.55 Å². The molecule has 2 rings (SSSR count). The largest absolute Gasteiger partial charge is 0.394 e. The van der Waals surface area contributed by atoms with E-state index < -0.39 is 48.2 Å². The van der Waals surface area contributed by atoms with E-state index in [-0.39, 0.29) is 19.0 Å². The molecule has 1 aromatic rings. The lowest BCUT2D eigenvalue weighted by Gasteiger charge is -2.30. The van der Waals surface area contributed by atoms with Crippen molar-refractivity contribution in [2.24, 2.45) is 5.41 Å². The fraction of sp³-hybridized carbons (Fsp3) is 0.750. The number of rotatable bonds is 13. The van der Waals surface area contributed by atoms with E-state index in [1.165, 1.54) is 12.3 Å². The Morgan fingerprint density at radius 3 is 2.38 bits per heavy atom. The molecular formula is C20H33N3O9. The number of aliphatic hydroxyl groups is 3. The van der Waals surface area contributed by atoms with Crippen molar-refractivity contribution in [3.05, 3.63) is 22.7 Å². The van der Waals surface area contributed by atoms with Gasteiger partial charge in [0.1, 0.15) is 23.7 Å². The highest BCUT2D eigenvalue weighted by Gasteiger charge is 2.44. The minimum Gasteiger partial charge on any atom is -0.394 e. The molecular weight excluding hydrogens is 426 g/mol. The second kappa shape index (κ2) is 12.2. The third-order valence-corrected chi connectivity index (χ3v) is 5.20. The van der Waals surface area contributed by atoms with E-state index in [1.807, 2.05) is 20.8 Å². The Labute approximate surface area is 186 Å². The highest BCUT2D eigenvalue weighted by atomic mass is 16.7. The molecule has 1 saturated heterocycles. The molecule has 0 amide bonds. The molecule has 0 aliphatic carbocycles. The smallest absolute Gasteiger partial charge is 0.351 e. The van der Waals surface area contributed by atoms with Crippen molar-refractivity contribution in [3.8, 4) is 0 Å². The SMILES string of the molecule is CCCC(COCC)(COCC)C(=O)ONc1ccn([C@@H]2O[C@H](CO)[C@@H](O)[C@H]2O)c(=O)n1. The van der Waals surface area contributed by atoms with Crippen LogP contribution in [0.4, 0.5) is 5.82 Å². The number of aromatic nitrogens is 2. The third-order valence-electron chi connectivity index (χ3n) is 5.20.